The van der Waals surface area contributed by atoms with E-state index in [1.807, 2.05) is 60.9 Å². The van der Waals surface area contributed by atoms with Crippen molar-refractivity contribution in [1.82, 2.24) is 20.9 Å². The molecule has 0 saturated carbocycles. The number of carbonyl (C=O) groups excluding carboxylic acids is 3. The maximum Gasteiger partial charge on any atom is 0.326 e. The Bertz CT molecular complexity index is 1280. The van der Waals surface area contributed by atoms with Crippen molar-refractivity contribution < 1.29 is 24.3 Å². The van der Waals surface area contributed by atoms with Gasteiger partial charge in [0.15, 0.2) is 0 Å². The molecule has 0 spiro atoms. The normalized spacial score (nSPS) is 14.1. The maximum atomic E-state index is 13.4. The van der Waals surface area contributed by atoms with E-state index in [1.165, 1.54) is 18.7 Å². The molecular formula is C28H35N5O5S. The monoisotopic (exact) mass is 553 g/mol. The zero-order chi connectivity index (χ0) is 28.4. The van der Waals surface area contributed by atoms with Crippen LogP contribution in [0.2, 0.25) is 0 Å². The second kappa shape index (κ2) is 14.4. The molecule has 4 unspecified atom stereocenters. The summed E-state index contributed by atoms with van der Waals surface area (Å²) >= 11 is 1.47. The Kier molecular flexibility index (Phi) is 10.9. The number of nitrogens with one attached hydrogen (secondary N) is 4. The van der Waals surface area contributed by atoms with Crippen LogP contribution in [-0.4, -0.2) is 70.0 Å². The fraction of sp³-hybridized carbons (Fsp3) is 0.357. The van der Waals surface area contributed by atoms with Crippen LogP contribution in [0.1, 0.15) is 24.5 Å². The van der Waals surface area contributed by atoms with Gasteiger partial charge in [0.2, 0.25) is 17.7 Å². The van der Waals surface area contributed by atoms with Crippen LogP contribution in [0.4, 0.5) is 0 Å². The quantitative estimate of drug-likeness (QED) is 0.176. The third-order valence-corrected chi connectivity index (χ3v) is 6.99. The van der Waals surface area contributed by atoms with Crippen molar-refractivity contribution in [1.29, 1.82) is 0 Å². The van der Waals surface area contributed by atoms with Gasteiger partial charge in [0.1, 0.15) is 18.1 Å². The van der Waals surface area contributed by atoms with Crippen molar-refractivity contribution in [3.63, 3.8) is 0 Å². The molecule has 0 aliphatic heterocycles. The van der Waals surface area contributed by atoms with Crippen LogP contribution >= 0.6 is 11.8 Å². The number of amides is 3. The average molecular weight is 554 g/mol. The molecule has 3 amide bonds. The molecular weight excluding hydrogens is 518 g/mol. The Labute approximate surface area is 231 Å². The second-order valence-electron chi connectivity index (χ2n) is 9.33. The number of carboxylic acid groups (broad SMARTS) is 1. The fourth-order valence-electron chi connectivity index (χ4n) is 4.14. The molecule has 7 N–H and O–H groups in total. The summed E-state index contributed by atoms with van der Waals surface area (Å²) in [7, 11) is 0. The largest absolute Gasteiger partial charge is 0.480 e. The van der Waals surface area contributed by atoms with E-state index in [4.69, 9.17) is 5.73 Å². The summed E-state index contributed by atoms with van der Waals surface area (Å²) in [6.07, 6.45) is 4.32. The Morgan fingerprint density at radius 3 is 2.26 bits per heavy atom. The zero-order valence-corrected chi connectivity index (χ0v) is 22.8. The van der Waals surface area contributed by atoms with Crippen molar-refractivity contribution in [3.8, 4) is 0 Å². The highest BCUT2D eigenvalue weighted by atomic mass is 32.2. The number of fused-ring (bicyclic) bond motifs is 1. The number of H-pyrrole nitrogens is 1. The Balaban J connectivity index is 1.73. The molecule has 208 valence electrons. The number of hydrogen-bond donors (Lipinski definition) is 6. The van der Waals surface area contributed by atoms with Gasteiger partial charge < -0.3 is 31.8 Å². The molecule has 0 fully saturated rings. The van der Waals surface area contributed by atoms with Gasteiger partial charge in [-0.3, -0.25) is 14.4 Å². The molecule has 1 heterocycles. The lowest BCUT2D eigenvalue weighted by Gasteiger charge is -2.23. The maximum absolute atomic E-state index is 13.4. The molecule has 10 nitrogen and oxygen atoms in total. The lowest BCUT2D eigenvalue weighted by molar-refractivity contribution is -0.142. The average Bonchev–Trinajstić information content (AvgIpc) is 3.33. The first-order chi connectivity index (χ1) is 18.7. The van der Waals surface area contributed by atoms with Crippen molar-refractivity contribution in [2.24, 2.45) is 5.73 Å². The molecule has 0 aliphatic rings. The van der Waals surface area contributed by atoms with E-state index in [1.54, 1.807) is 6.20 Å². The van der Waals surface area contributed by atoms with Crippen molar-refractivity contribution >= 4 is 46.4 Å². The number of aromatic amines is 1. The lowest BCUT2D eigenvalue weighted by atomic mass is 10.0. The number of aromatic nitrogens is 1. The highest BCUT2D eigenvalue weighted by Crippen LogP contribution is 2.19. The Morgan fingerprint density at radius 2 is 1.56 bits per heavy atom. The van der Waals surface area contributed by atoms with Crippen LogP contribution < -0.4 is 21.7 Å². The molecule has 4 atom stereocenters. The first-order valence-corrected chi connectivity index (χ1v) is 14.1. The third kappa shape index (κ3) is 8.59. The number of para-hydroxylation sites is 1. The summed E-state index contributed by atoms with van der Waals surface area (Å²) in [6, 6.07) is 12.9. The molecule has 11 heteroatoms. The zero-order valence-electron chi connectivity index (χ0n) is 22.0. The summed E-state index contributed by atoms with van der Waals surface area (Å²) in [4.78, 5) is 53.8. The van der Waals surface area contributed by atoms with Gasteiger partial charge in [-0.2, -0.15) is 11.8 Å². The van der Waals surface area contributed by atoms with Gasteiger partial charge in [-0.25, -0.2) is 4.79 Å². The van der Waals surface area contributed by atoms with E-state index < -0.39 is 47.9 Å². The number of carboxylic acids is 1. The molecule has 0 saturated heterocycles. The van der Waals surface area contributed by atoms with Gasteiger partial charge in [-0.05, 0) is 49.0 Å². The van der Waals surface area contributed by atoms with Crippen LogP contribution in [-0.2, 0) is 32.0 Å². The van der Waals surface area contributed by atoms with Crippen LogP contribution in [0, 0.1) is 0 Å². The van der Waals surface area contributed by atoms with Crippen LogP contribution in [0.25, 0.3) is 10.9 Å². The summed E-state index contributed by atoms with van der Waals surface area (Å²) in [5, 5.41) is 18.2. The smallest absolute Gasteiger partial charge is 0.326 e. The van der Waals surface area contributed by atoms with Gasteiger partial charge in [-0.15, -0.1) is 0 Å². The van der Waals surface area contributed by atoms with Crippen LogP contribution in [0.3, 0.4) is 0 Å². The molecule has 39 heavy (non-hydrogen) atoms. The van der Waals surface area contributed by atoms with Crippen LogP contribution in [0.15, 0.2) is 60.8 Å². The van der Waals surface area contributed by atoms with E-state index in [0.29, 0.717) is 12.2 Å². The van der Waals surface area contributed by atoms with Gasteiger partial charge in [-0.1, -0.05) is 48.5 Å². The standard InChI is InChI=1S/C28H35N5O5S/c1-17(25(34)32-23(28(37)38)12-13-39-2)31-27(36)24(15-19-16-30-22-11-7-6-10-20(19)22)33-26(35)21(29)14-18-8-4-3-5-9-18/h3-11,16-17,21,23-24,30H,12-15,29H2,1-2H3,(H,31,36)(H,32,34)(H,33,35)(H,37,38). The molecule has 3 rings (SSSR count). The molecule has 0 aliphatic carbocycles. The number of benzene rings is 2. The second-order valence-corrected chi connectivity index (χ2v) is 10.3. The topological polar surface area (TPSA) is 166 Å². The Morgan fingerprint density at radius 1 is 0.897 bits per heavy atom. The minimum absolute atomic E-state index is 0.152. The summed E-state index contributed by atoms with van der Waals surface area (Å²) in [5.74, 6) is -2.30. The summed E-state index contributed by atoms with van der Waals surface area (Å²) < 4.78 is 0. The number of rotatable bonds is 14. The first-order valence-electron chi connectivity index (χ1n) is 12.7. The summed E-state index contributed by atoms with van der Waals surface area (Å²) in [6.45, 7) is 1.46. The number of aliphatic carboxylic acids is 1. The minimum atomic E-state index is -1.15. The lowest BCUT2D eigenvalue weighted by Crippen LogP contribution is -2.57. The predicted molar refractivity (Wildman–Crippen MR) is 152 cm³/mol. The highest BCUT2D eigenvalue weighted by molar-refractivity contribution is 7.98. The van der Waals surface area contributed by atoms with Gasteiger partial charge in [0.25, 0.3) is 0 Å². The SMILES string of the molecule is CSCCC(NC(=O)C(C)NC(=O)C(Cc1c[nH]c2ccccc12)NC(=O)C(N)Cc1ccccc1)C(=O)O. The van der Waals surface area contributed by atoms with E-state index in [-0.39, 0.29) is 12.8 Å². The predicted octanol–water partition coefficient (Wildman–Crippen LogP) is 1.59. The molecule has 3 aromatic rings. The number of hydrogen-bond acceptors (Lipinski definition) is 6. The first kappa shape index (κ1) is 29.7. The molecule has 0 bridgehead atoms. The minimum Gasteiger partial charge on any atom is -0.480 e. The summed E-state index contributed by atoms with van der Waals surface area (Å²) in [5.41, 5.74) is 8.74. The number of nitrogens with two attached hydrogens (primary N) is 1. The Hall–Kier alpha value is -3.83. The number of carbonyl (C=O) groups is 4. The van der Waals surface area contributed by atoms with E-state index in [0.717, 1.165) is 22.0 Å². The van der Waals surface area contributed by atoms with Crippen molar-refractivity contribution in [3.05, 3.63) is 71.9 Å². The van der Waals surface area contributed by atoms with E-state index in [9.17, 15) is 24.3 Å². The molecule has 2 aromatic carbocycles. The molecule has 0 radical (unpaired) electrons. The number of thioether (sulfide) groups is 1. The van der Waals surface area contributed by atoms with Crippen molar-refractivity contribution in [2.75, 3.05) is 12.0 Å². The van der Waals surface area contributed by atoms with Gasteiger partial charge in [0.05, 0.1) is 6.04 Å². The highest BCUT2D eigenvalue weighted by Gasteiger charge is 2.29. The fourth-order valence-corrected chi connectivity index (χ4v) is 4.61. The van der Waals surface area contributed by atoms with E-state index in [2.05, 4.69) is 20.9 Å². The van der Waals surface area contributed by atoms with E-state index >= 15 is 0 Å². The van der Waals surface area contributed by atoms with Gasteiger partial charge >= 0.3 is 5.97 Å². The molecule has 1 aromatic heterocycles. The third-order valence-electron chi connectivity index (χ3n) is 6.34. The van der Waals surface area contributed by atoms with Crippen LogP contribution in [0.5, 0.6) is 0 Å². The van der Waals surface area contributed by atoms with Gasteiger partial charge in [0, 0.05) is 23.5 Å². The van der Waals surface area contributed by atoms with Crippen molar-refractivity contribution in [2.45, 2.75) is 50.4 Å².